The minimum Gasteiger partial charge on any atom is -0.456 e. The zero-order chi connectivity index (χ0) is 22.4. The zero-order valence-corrected chi connectivity index (χ0v) is 17.7. The van der Waals surface area contributed by atoms with Crippen molar-refractivity contribution in [1.82, 2.24) is 4.90 Å². The van der Waals surface area contributed by atoms with Crippen molar-refractivity contribution in [2.24, 2.45) is 0 Å². The topological polar surface area (TPSA) is 92.8 Å². The molecule has 3 amide bonds. The van der Waals surface area contributed by atoms with E-state index in [1.807, 2.05) is 24.3 Å². The molecule has 0 bridgehead atoms. The molecule has 3 rings (SSSR count). The van der Waals surface area contributed by atoms with Crippen LogP contribution in [0.1, 0.15) is 65.3 Å². The first kappa shape index (κ1) is 22.2. The number of carbonyl (C=O) groups excluding carboxylic acids is 4. The van der Waals surface area contributed by atoms with Crippen LogP contribution in [0.2, 0.25) is 0 Å². The van der Waals surface area contributed by atoms with Crippen LogP contribution >= 0.6 is 0 Å². The minimum absolute atomic E-state index is 0.00411. The summed E-state index contributed by atoms with van der Waals surface area (Å²) < 4.78 is 5.04. The maximum Gasteiger partial charge on any atom is 0.306 e. The average molecular weight is 422 g/mol. The number of carbonyl (C=O) groups is 4. The van der Waals surface area contributed by atoms with E-state index in [4.69, 9.17) is 4.74 Å². The largest absolute Gasteiger partial charge is 0.456 e. The van der Waals surface area contributed by atoms with Crippen molar-refractivity contribution in [3.8, 4) is 0 Å². The summed E-state index contributed by atoms with van der Waals surface area (Å²) >= 11 is 0. The molecule has 31 heavy (non-hydrogen) atoms. The number of amides is 3. The van der Waals surface area contributed by atoms with E-state index in [0.717, 1.165) is 16.9 Å². The fourth-order valence-electron chi connectivity index (χ4n) is 3.49. The van der Waals surface area contributed by atoms with Gasteiger partial charge in [0.05, 0.1) is 11.1 Å². The van der Waals surface area contributed by atoms with E-state index in [2.05, 4.69) is 19.2 Å². The molecule has 1 aliphatic heterocycles. The first-order chi connectivity index (χ1) is 14.9. The lowest BCUT2D eigenvalue weighted by Crippen LogP contribution is -2.31. The van der Waals surface area contributed by atoms with E-state index >= 15 is 0 Å². The van der Waals surface area contributed by atoms with Gasteiger partial charge in [-0.2, -0.15) is 0 Å². The van der Waals surface area contributed by atoms with Gasteiger partial charge >= 0.3 is 5.97 Å². The number of nitrogens with zero attached hydrogens (tertiary/aromatic N) is 1. The van der Waals surface area contributed by atoms with E-state index in [9.17, 15) is 19.2 Å². The van der Waals surface area contributed by atoms with Crippen LogP contribution in [0.15, 0.2) is 48.5 Å². The van der Waals surface area contributed by atoms with Gasteiger partial charge in [0.2, 0.25) is 0 Å². The zero-order valence-electron chi connectivity index (χ0n) is 17.7. The highest BCUT2D eigenvalue weighted by molar-refractivity contribution is 6.21. The number of hydrogen-bond donors (Lipinski definition) is 1. The van der Waals surface area contributed by atoms with Crippen LogP contribution in [0.25, 0.3) is 0 Å². The fraction of sp³-hybridized carbons (Fsp3) is 0.333. The lowest BCUT2D eigenvalue weighted by Gasteiger charge is -2.15. The second-order valence-electron chi connectivity index (χ2n) is 7.52. The van der Waals surface area contributed by atoms with Gasteiger partial charge in [-0.1, -0.05) is 44.2 Å². The third-order valence-corrected chi connectivity index (χ3v) is 5.38. The number of hydrogen-bond acceptors (Lipinski definition) is 5. The molecular weight excluding hydrogens is 396 g/mol. The Morgan fingerprint density at radius 1 is 1.00 bits per heavy atom. The summed E-state index contributed by atoms with van der Waals surface area (Å²) in [4.78, 5) is 49.9. The molecule has 0 radical (unpaired) electrons. The van der Waals surface area contributed by atoms with Gasteiger partial charge in [-0.3, -0.25) is 24.1 Å². The van der Waals surface area contributed by atoms with E-state index in [0.29, 0.717) is 22.7 Å². The molecule has 0 saturated carbocycles. The third-order valence-electron chi connectivity index (χ3n) is 5.38. The predicted molar refractivity (Wildman–Crippen MR) is 116 cm³/mol. The SMILES string of the molecule is CC[C@@H](C)c1ccccc1NC(=O)COC(=O)CCCN1C(=O)c2ccccc2C1=O. The predicted octanol–water partition coefficient (Wildman–Crippen LogP) is 3.76. The molecule has 7 heteroatoms. The average Bonchev–Trinajstić information content (AvgIpc) is 3.02. The monoisotopic (exact) mass is 422 g/mol. The normalized spacial score (nSPS) is 13.7. The second-order valence-corrected chi connectivity index (χ2v) is 7.52. The van der Waals surface area contributed by atoms with Crippen LogP contribution in [0.5, 0.6) is 0 Å². The number of rotatable bonds is 9. The van der Waals surface area contributed by atoms with Crippen molar-refractivity contribution >= 4 is 29.4 Å². The summed E-state index contributed by atoms with van der Waals surface area (Å²) in [5.74, 6) is -1.38. The highest BCUT2D eigenvalue weighted by atomic mass is 16.5. The van der Waals surface area contributed by atoms with Gasteiger partial charge in [0.15, 0.2) is 6.61 Å². The standard InChI is InChI=1S/C24H26N2O5/c1-3-16(2)17-9-6-7-12-20(17)25-21(27)15-31-22(28)13-8-14-26-23(29)18-10-4-5-11-19(18)24(26)30/h4-7,9-12,16H,3,8,13-15H2,1-2H3,(H,25,27)/t16-/m1/s1. The first-order valence-corrected chi connectivity index (χ1v) is 10.4. The van der Waals surface area contributed by atoms with Gasteiger partial charge in [0.1, 0.15) is 0 Å². The van der Waals surface area contributed by atoms with Gasteiger partial charge in [-0.05, 0) is 42.5 Å². The highest BCUT2D eigenvalue weighted by Gasteiger charge is 2.34. The molecule has 1 heterocycles. The minimum atomic E-state index is -0.554. The molecule has 0 aliphatic carbocycles. The highest BCUT2D eigenvalue weighted by Crippen LogP contribution is 2.26. The van der Waals surface area contributed by atoms with Crippen molar-refractivity contribution in [3.05, 3.63) is 65.2 Å². The molecule has 2 aromatic carbocycles. The van der Waals surface area contributed by atoms with Crippen LogP contribution in [0, 0.1) is 0 Å². The van der Waals surface area contributed by atoms with Gasteiger partial charge in [0, 0.05) is 18.7 Å². The smallest absolute Gasteiger partial charge is 0.306 e. The Bertz CT molecular complexity index is 966. The first-order valence-electron chi connectivity index (χ1n) is 10.4. The van der Waals surface area contributed by atoms with Gasteiger partial charge < -0.3 is 10.1 Å². The Morgan fingerprint density at radius 2 is 1.61 bits per heavy atom. The number of nitrogens with one attached hydrogen (secondary N) is 1. The van der Waals surface area contributed by atoms with Crippen LogP contribution in [-0.2, 0) is 14.3 Å². The van der Waals surface area contributed by atoms with Crippen molar-refractivity contribution in [2.75, 3.05) is 18.5 Å². The molecule has 2 aromatic rings. The number of anilines is 1. The lowest BCUT2D eigenvalue weighted by atomic mass is 9.97. The summed E-state index contributed by atoms with van der Waals surface area (Å²) in [6, 6.07) is 14.2. The number of benzene rings is 2. The van der Waals surface area contributed by atoms with Crippen molar-refractivity contribution < 1.29 is 23.9 Å². The van der Waals surface area contributed by atoms with E-state index in [1.165, 1.54) is 0 Å². The quantitative estimate of drug-likeness (QED) is 0.491. The van der Waals surface area contributed by atoms with Crippen LogP contribution in [-0.4, -0.2) is 41.7 Å². The van der Waals surface area contributed by atoms with Crippen LogP contribution < -0.4 is 5.32 Å². The summed E-state index contributed by atoms with van der Waals surface area (Å²) in [6.07, 6.45) is 1.21. The van der Waals surface area contributed by atoms with Crippen LogP contribution in [0.4, 0.5) is 5.69 Å². The molecule has 7 nitrogen and oxygen atoms in total. The van der Waals surface area contributed by atoms with E-state index < -0.39 is 11.9 Å². The summed E-state index contributed by atoms with van der Waals surface area (Å²) in [5.41, 5.74) is 2.50. The Balaban J connectivity index is 1.43. The van der Waals surface area contributed by atoms with Crippen molar-refractivity contribution in [1.29, 1.82) is 0 Å². The lowest BCUT2D eigenvalue weighted by molar-refractivity contribution is -0.147. The van der Waals surface area contributed by atoms with E-state index in [-0.39, 0.29) is 37.8 Å². The van der Waals surface area contributed by atoms with Crippen molar-refractivity contribution in [2.45, 2.75) is 39.0 Å². The molecule has 1 aliphatic rings. The summed E-state index contributed by atoms with van der Waals surface area (Å²) in [7, 11) is 0. The number of imide groups is 1. The second kappa shape index (κ2) is 10.0. The molecule has 0 spiro atoms. The van der Waals surface area contributed by atoms with Crippen molar-refractivity contribution in [3.63, 3.8) is 0 Å². The summed E-state index contributed by atoms with van der Waals surface area (Å²) in [5, 5.41) is 2.79. The molecule has 0 fully saturated rings. The maximum atomic E-state index is 12.3. The number of ether oxygens (including phenoxy) is 1. The molecule has 1 atom stereocenters. The fourth-order valence-corrected chi connectivity index (χ4v) is 3.49. The molecular formula is C24H26N2O5. The number of esters is 1. The van der Waals surface area contributed by atoms with Gasteiger partial charge in [-0.15, -0.1) is 0 Å². The Labute approximate surface area is 181 Å². The van der Waals surface area contributed by atoms with Crippen LogP contribution in [0.3, 0.4) is 0 Å². The summed E-state index contributed by atoms with van der Waals surface area (Å²) in [6.45, 7) is 3.89. The Kier molecular flexibility index (Phi) is 7.18. The molecule has 162 valence electrons. The van der Waals surface area contributed by atoms with Gasteiger partial charge in [-0.25, -0.2) is 0 Å². The molecule has 0 unspecified atom stereocenters. The number of fused-ring (bicyclic) bond motifs is 1. The Hall–Kier alpha value is -3.48. The molecule has 1 N–H and O–H groups in total. The Morgan fingerprint density at radius 3 is 2.26 bits per heavy atom. The number of para-hydroxylation sites is 1. The molecule has 0 aromatic heterocycles. The van der Waals surface area contributed by atoms with E-state index in [1.54, 1.807) is 24.3 Å². The van der Waals surface area contributed by atoms with Gasteiger partial charge in [0.25, 0.3) is 17.7 Å². The molecule has 0 saturated heterocycles. The third kappa shape index (κ3) is 5.17. The maximum absolute atomic E-state index is 12.3.